The topological polar surface area (TPSA) is 62.6 Å². The summed E-state index contributed by atoms with van der Waals surface area (Å²) in [4.78, 5) is 11.7. The van der Waals surface area contributed by atoms with Crippen LogP contribution in [-0.4, -0.2) is 36.6 Å². The smallest absolute Gasteiger partial charge is 0.330 e. The molecule has 0 spiro atoms. The summed E-state index contributed by atoms with van der Waals surface area (Å²) in [6.45, 7) is 0.797. The molecule has 1 heterocycles. The maximum absolute atomic E-state index is 11.7. The van der Waals surface area contributed by atoms with E-state index in [1.54, 1.807) is 49.4 Å². The molecule has 2 rings (SSSR count). The van der Waals surface area contributed by atoms with Crippen molar-refractivity contribution in [2.24, 2.45) is 0 Å². The molecule has 0 N–H and O–H groups in total. The lowest BCUT2D eigenvalue weighted by atomic mass is 10.2. The fourth-order valence-electron chi connectivity index (χ4n) is 1.81. The minimum atomic E-state index is -0.408. The van der Waals surface area contributed by atoms with E-state index in [0.717, 1.165) is 5.56 Å². The number of hydrogen-bond acceptors (Lipinski definition) is 5. The summed E-state index contributed by atoms with van der Waals surface area (Å²) in [5, 5.41) is 4.02. The molecule has 0 unspecified atom stereocenters. The molecule has 116 valence electrons. The molecule has 2 aromatic rings. The molecule has 22 heavy (non-hydrogen) atoms. The number of ether oxygens (including phenoxy) is 3. The van der Waals surface area contributed by atoms with Crippen LogP contribution in [0.4, 0.5) is 0 Å². The van der Waals surface area contributed by atoms with Gasteiger partial charge in [-0.1, -0.05) is 0 Å². The van der Waals surface area contributed by atoms with Crippen molar-refractivity contribution < 1.29 is 19.0 Å². The van der Waals surface area contributed by atoms with E-state index in [0.29, 0.717) is 18.0 Å². The van der Waals surface area contributed by atoms with E-state index in [4.69, 9.17) is 14.2 Å². The number of benzene rings is 1. The molecule has 0 radical (unpaired) electrons. The lowest BCUT2D eigenvalue weighted by Crippen LogP contribution is -2.09. The summed E-state index contributed by atoms with van der Waals surface area (Å²) in [5.74, 6) is 0.908. The van der Waals surface area contributed by atoms with Gasteiger partial charge in [-0.2, -0.15) is 5.10 Å². The van der Waals surface area contributed by atoms with Crippen molar-refractivity contribution in [2.75, 3.05) is 20.8 Å². The lowest BCUT2D eigenvalue weighted by Gasteiger charge is -2.06. The standard InChI is InChI=1S/C16H18N2O4/c1-20-14-10-13(11-15(12-14)21-2)4-5-16(19)22-9-8-18-7-3-6-17-18/h3-7,10-12H,8-9H2,1-2H3/b5-4+. The molecule has 6 nitrogen and oxygen atoms in total. The Kier molecular flexibility index (Phi) is 5.59. The molecule has 0 fully saturated rings. The van der Waals surface area contributed by atoms with E-state index in [2.05, 4.69) is 5.10 Å². The fraction of sp³-hybridized carbons (Fsp3) is 0.250. The quantitative estimate of drug-likeness (QED) is 0.579. The molecule has 0 atom stereocenters. The van der Waals surface area contributed by atoms with Crippen LogP contribution in [-0.2, 0) is 16.1 Å². The zero-order chi connectivity index (χ0) is 15.8. The maximum Gasteiger partial charge on any atom is 0.330 e. The van der Waals surface area contributed by atoms with Gasteiger partial charge in [0, 0.05) is 24.5 Å². The third-order valence-corrected chi connectivity index (χ3v) is 2.91. The van der Waals surface area contributed by atoms with Crippen LogP contribution in [0.25, 0.3) is 6.08 Å². The number of hydrogen-bond donors (Lipinski definition) is 0. The molecule has 0 aliphatic carbocycles. The van der Waals surface area contributed by atoms with Crippen LogP contribution in [0.1, 0.15) is 5.56 Å². The number of aromatic nitrogens is 2. The number of rotatable bonds is 7. The summed E-state index contributed by atoms with van der Waals surface area (Å²) < 4.78 is 17.1. The second-order valence-corrected chi connectivity index (χ2v) is 4.42. The van der Waals surface area contributed by atoms with Gasteiger partial charge in [-0.25, -0.2) is 4.79 Å². The second-order valence-electron chi connectivity index (χ2n) is 4.42. The first-order valence-electron chi connectivity index (χ1n) is 6.76. The number of methoxy groups -OCH3 is 2. The average Bonchev–Trinajstić information content (AvgIpc) is 3.06. The molecule has 0 saturated heterocycles. The number of carbonyl (C=O) groups excluding carboxylic acids is 1. The van der Waals surface area contributed by atoms with Gasteiger partial charge >= 0.3 is 5.97 Å². The third-order valence-electron chi connectivity index (χ3n) is 2.91. The molecule has 0 aliphatic rings. The normalized spacial score (nSPS) is 10.6. The van der Waals surface area contributed by atoms with Crippen molar-refractivity contribution in [2.45, 2.75) is 6.54 Å². The highest BCUT2D eigenvalue weighted by atomic mass is 16.5. The third kappa shape index (κ3) is 4.66. The van der Waals surface area contributed by atoms with Crippen LogP contribution >= 0.6 is 0 Å². The van der Waals surface area contributed by atoms with Crippen molar-refractivity contribution >= 4 is 12.0 Å². The molecule has 6 heteroatoms. The van der Waals surface area contributed by atoms with Crippen LogP contribution in [0.2, 0.25) is 0 Å². The highest BCUT2D eigenvalue weighted by Gasteiger charge is 2.01. The Labute approximate surface area is 128 Å². The monoisotopic (exact) mass is 302 g/mol. The first-order valence-corrected chi connectivity index (χ1v) is 6.76. The van der Waals surface area contributed by atoms with Gasteiger partial charge in [-0.3, -0.25) is 4.68 Å². The van der Waals surface area contributed by atoms with Crippen molar-refractivity contribution in [3.63, 3.8) is 0 Å². The molecule has 0 amide bonds. The van der Waals surface area contributed by atoms with E-state index in [9.17, 15) is 4.79 Å². The predicted octanol–water partition coefficient (Wildman–Crippen LogP) is 2.16. The average molecular weight is 302 g/mol. The van der Waals surface area contributed by atoms with E-state index in [-0.39, 0.29) is 6.61 Å². The van der Waals surface area contributed by atoms with Gasteiger partial charge in [0.15, 0.2) is 0 Å². The summed E-state index contributed by atoms with van der Waals surface area (Å²) >= 11 is 0. The van der Waals surface area contributed by atoms with Crippen LogP contribution in [0, 0.1) is 0 Å². The maximum atomic E-state index is 11.7. The van der Waals surface area contributed by atoms with Crippen molar-refractivity contribution in [1.29, 1.82) is 0 Å². The van der Waals surface area contributed by atoms with E-state index in [1.165, 1.54) is 6.08 Å². The van der Waals surface area contributed by atoms with Gasteiger partial charge in [0.05, 0.1) is 20.8 Å². The largest absolute Gasteiger partial charge is 0.497 e. The molecular formula is C16H18N2O4. The Morgan fingerprint density at radius 3 is 2.55 bits per heavy atom. The molecule has 1 aromatic heterocycles. The Morgan fingerprint density at radius 2 is 1.95 bits per heavy atom. The van der Waals surface area contributed by atoms with Gasteiger partial charge in [-0.15, -0.1) is 0 Å². The highest BCUT2D eigenvalue weighted by Crippen LogP contribution is 2.23. The molecule has 0 saturated carbocycles. The van der Waals surface area contributed by atoms with Gasteiger partial charge in [0.25, 0.3) is 0 Å². The lowest BCUT2D eigenvalue weighted by molar-refractivity contribution is -0.138. The van der Waals surface area contributed by atoms with Crippen LogP contribution < -0.4 is 9.47 Å². The van der Waals surface area contributed by atoms with Gasteiger partial charge in [0.2, 0.25) is 0 Å². The molecular weight excluding hydrogens is 284 g/mol. The summed E-state index contributed by atoms with van der Waals surface area (Å²) in [7, 11) is 3.15. The SMILES string of the molecule is COc1cc(/C=C/C(=O)OCCn2cccn2)cc(OC)c1. The number of nitrogens with zero attached hydrogens (tertiary/aromatic N) is 2. The van der Waals surface area contributed by atoms with Crippen LogP contribution in [0.5, 0.6) is 11.5 Å². The number of esters is 1. The first-order chi connectivity index (χ1) is 10.7. The summed E-state index contributed by atoms with van der Waals surface area (Å²) in [6.07, 6.45) is 6.52. The van der Waals surface area contributed by atoms with Crippen molar-refractivity contribution in [3.05, 3.63) is 48.3 Å². The Balaban J connectivity index is 1.88. The van der Waals surface area contributed by atoms with E-state index in [1.807, 2.05) is 12.3 Å². The molecule has 0 bridgehead atoms. The minimum absolute atomic E-state index is 0.270. The zero-order valence-corrected chi connectivity index (χ0v) is 12.6. The van der Waals surface area contributed by atoms with E-state index >= 15 is 0 Å². The van der Waals surface area contributed by atoms with Gasteiger partial charge in [-0.05, 0) is 29.8 Å². The Hall–Kier alpha value is -2.76. The first kappa shape index (κ1) is 15.6. The predicted molar refractivity (Wildman–Crippen MR) is 81.8 cm³/mol. The fourth-order valence-corrected chi connectivity index (χ4v) is 1.81. The van der Waals surface area contributed by atoms with Gasteiger partial charge in [0.1, 0.15) is 18.1 Å². The van der Waals surface area contributed by atoms with Crippen molar-refractivity contribution in [1.82, 2.24) is 9.78 Å². The van der Waals surface area contributed by atoms with Crippen LogP contribution in [0.3, 0.4) is 0 Å². The number of carbonyl (C=O) groups is 1. The highest BCUT2D eigenvalue weighted by molar-refractivity contribution is 5.87. The minimum Gasteiger partial charge on any atom is -0.497 e. The van der Waals surface area contributed by atoms with Gasteiger partial charge < -0.3 is 14.2 Å². The Morgan fingerprint density at radius 1 is 1.23 bits per heavy atom. The molecule has 1 aromatic carbocycles. The van der Waals surface area contributed by atoms with E-state index < -0.39 is 5.97 Å². The Bertz CT molecular complexity index is 613. The zero-order valence-electron chi connectivity index (χ0n) is 12.6. The van der Waals surface area contributed by atoms with Crippen LogP contribution in [0.15, 0.2) is 42.7 Å². The van der Waals surface area contributed by atoms with Crippen molar-refractivity contribution in [3.8, 4) is 11.5 Å². The molecule has 0 aliphatic heterocycles. The summed E-state index contributed by atoms with van der Waals surface area (Å²) in [6, 6.07) is 7.18. The second kappa shape index (κ2) is 7.87. The summed E-state index contributed by atoms with van der Waals surface area (Å²) in [5.41, 5.74) is 0.792.